The second-order valence-electron chi connectivity index (χ2n) is 6.65. The molecule has 26 heavy (non-hydrogen) atoms. The van der Waals surface area contributed by atoms with Crippen LogP contribution in [0.1, 0.15) is 48.7 Å². The van der Waals surface area contributed by atoms with Crippen LogP contribution in [0.2, 0.25) is 0 Å². The van der Waals surface area contributed by atoms with Crippen LogP contribution >= 0.6 is 0 Å². The number of aromatic nitrogens is 2. The van der Waals surface area contributed by atoms with Crippen molar-refractivity contribution < 1.29 is 14.3 Å². The Morgan fingerprint density at radius 3 is 2.62 bits per heavy atom. The minimum atomic E-state index is -0.479. The summed E-state index contributed by atoms with van der Waals surface area (Å²) in [6.07, 6.45) is 5.88. The first-order chi connectivity index (χ1) is 12.6. The molecular formula is C20H25N3O3. The SMILES string of the molecule is CC[C@@H]1CCCCN1C(=O)COC(=O)c1ccc(-n2nccc2C)cc1. The van der Waals surface area contributed by atoms with Gasteiger partial charge in [0.05, 0.1) is 11.3 Å². The molecule has 6 nitrogen and oxygen atoms in total. The predicted molar refractivity (Wildman–Crippen MR) is 98.2 cm³/mol. The summed E-state index contributed by atoms with van der Waals surface area (Å²) in [5.41, 5.74) is 2.31. The minimum absolute atomic E-state index is 0.103. The van der Waals surface area contributed by atoms with E-state index < -0.39 is 5.97 Å². The molecule has 1 fully saturated rings. The largest absolute Gasteiger partial charge is 0.452 e. The summed E-state index contributed by atoms with van der Waals surface area (Å²) in [5, 5.41) is 4.24. The molecule has 6 heteroatoms. The van der Waals surface area contributed by atoms with E-state index in [0.717, 1.165) is 43.6 Å². The third kappa shape index (κ3) is 3.95. The molecule has 1 aromatic carbocycles. The van der Waals surface area contributed by atoms with Crippen molar-refractivity contribution in [1.82, 2.24) is 14.7 Å². The lowest BCUT2D eigenvalue weighted by molar-refractivity contribution is -0.138. The van der Waals surface area contributed by atoms with E-state index in [1.807, 2.05) is 30.0 Å². The Morgan fingerprint density at radius 1 is 1.19 bits per heavy atom. The fourth-order valence-electron chi connectivity index (χ4n) is 3.43. The highest BCUT2D eigenvalue weighted by Crippen LogP contribution is 2.19. The second-order valence-corrected chi connectivity index (χ2v) is 6.65. The van der Waals surface area contributed by atoms with Gasteiger partial charge in [-0.1, -0.05) is 6.92 Å². The summed E-state index contributed by atoms with van der Waals surface area (Å²) in [6.45, 7) is 4.61. The summed E-state index contributed by atoms with van der Waals surface area (Å²) in [4.78, 5) is 26.5. The fraction of sp³-hybridized carbons (Fsp3) is 0.450. The third-order valence-electron chi connectivity index (χ3n) is 4.93. The van der Waals surface area contributed by atoms with Gasteiger partial charge >= 0.3 is 5.97 Å². The van der Waals surface area contributed by atoms with Crippen LogP contribution in [0.5, 0.6) is 0 Å². The molecule has 0 bridgehead atoms. The van der Waals surface area contributed by atoms with Crippen molar-refractivity contribution in [3.8, 4) is 5.69 Å². The van der Waals surface area contributed by atoms with Crippen LogP contribution in [0.4, 0.5) is 0 Å². The van der Waals surface area contributed by atoms with Crippen molar-refractivity contribution in [2.75, 3.05) is 13.2 Å². The number of hydrogen-bond donors (Lipinski definition) is 0. The van der Waals surface area contributed by atoms with Gasteiger partial charge in [0, 0.05) is 24.5 Å². The summed E-state index contributed by atoms with van der Waals surface area (Å²) in [6, 6.07) is 9.20. The van der Waals surface area contributed by atoms with E-state index in [-0.39, 0.29) is 18.6 Å². The third-order valence-corrected chi connectivity index (χ3v) is 4.93. The number of ether oxygens (including phenoxy) is 1. The molecule has 1 aromatic heterocycles. The quantitative estimate of drug-likeness (QED) is 0.773. The Bertz CT molecular complexity index is 767. The van der Waals surface area contributed by atoms with Crippen molar-refractivity contribution >= 4 is 11.9 Å². The van der Waals surface area contributed by atoms with Crippen LogP contribution in [0, 0.1) is 6.92 Å². The number of likely N-dealkylation sites (tertiary alicyclic amines) is 1. The summed E-state index contributed by atoms with van der Waals surface area (Å²) >= 11 is 0. The number of carbonyl (C=O) groups excluding carboxylic acids is 2. The van der Waals surface area contributed by atoms with Gasteiger partial charge in [0.15, 0.2) is 6.61 Å². The molecule has 1 aliphatic rings. The molecule has 0 N–H and O–H groups in total. The smallest absolute Gasteiger partial charge is 0.338 e. The molecule has 0 aliphatic carbocycles. The first-order valence-corrected chi connectivity index (χ1v) is 9.18. The zero-order chi connectivity index (χ0) is 18.5. The molecule has 0 saturated carbocycles. The Balaban J connectivity index is 1.58. The molecule has 0 spiro atoms. The average molecular weight is 355 g/mol. The maximum atomic E-state index is 12.4. The predicted octanol–water partition coefficient (Wildman–Crippen LogP) is 3.13. The van der Waals surface area contributed by atoms with E-state index in [9.17, 15) is 9.59 Å². The lowest BCUT2D eigenvalue weighted by atomic mass is 10.00. The highest BCUT2D eigenvalue weighted by Gasteiger charge is 2.26. The molecule has 2 heterocycles. The molecule has 1 aliphatic heterocycles. The van der Waals surface area contributed by atoms with E-state index in [2.05, 4.69) is 12.0 Å². The first kappa shape index (κ1) is 18.2. The molecule has 1 atom stereocenters. The van der Waals surface area contributed by atoms with Crippen LogP contribution in [-0.4, -0.2) is 45.8 Å². The minimum Gasteiger partial charge on any atom is -0.452 e. The molecule has 0 radical (unpaired) electrons. The number of benzene rings is 1. The maximum absolute atomic E-state index is 12.4. The Labute approximate surface area is 153 Å². The van der Waals surface area contributed by atoms with Crippen LogP contribution < -0.4 is 0 Å². The van der Waals surface area contributed by atoms with E-state index in [0.29, 0.717) is 5.56 Å². The lowest BCUT2D eigenvalue weighted by Crippen LogP contribution is -2.45. The second kappa shape index (κ2) is 8.17. The van der Waals surface area contributed by atoms with Gasteiger partial charge in [0.25, 0.3) is 5.91 Å². The van der Waals surface area contributed by atoms with Crippen molar-refractivity contribution in [2.24, 2.45) is 0 Å². The number of piperidine rings is 1. The zero-order valence-electron chi connectivity index (χ0n) is 15.4. The van der Waals surface area contributed by atoms with Gasteiger partial charge in [-0.25, -0.2) is 9.48 Å². The van der Waals surface area contributed by atoms with Crippen LogP contribution in [0.15, 0.2) is 36.5 Å². The number of aryl methyl sites for hydroxylation is 1. The Morgan fingerprint density at radius 2 is 1.96 bits per heavy atom. The average Bonchev–Trinajstić information content (AvgIpc) is 3.11. The van der Waals surface area contributed by atoms with Gasteiger partial charge in [-0.3, -0.25) is 4.79 Å². The molecule has 138 valence electrons. The van der Waals surface area contributed by atoms with Crippen molar-refractivity contribution in [3.05, 3.63) is 47.8 Å². The number of nitrogens with zero attached hydrogens (tertiary/aromatic N) is 3. The Hall–Kier alpha value is -2.63. The number of amides is 1. The van der Waals surface area contributed by atoms with Gasteiger partial charge in [0.2, 0.25) is 0 Å². The van der Waals surface area contributed by atoms with Crippen molar-refractivity contribution in [2.45, 2.75) is 45.6 Å². The summed E-state index contributed by atoms with van der Waals surface area (Å²) in [5.74, 6) is -0.583. The van der Waals surface area contributed by atoms with E-state index >= 15 is 0 Å². The van der Waals surface area contributed by atoms with Crippen LogP contribution in [0.3, 0.4) is 0 Å². The normalized spacial score (nSPS) is 17.2. The summed E-state index contributed by atoms with van der Waals surface area (Å²) < 4.78 is 7.03. The fourth-order valence-corrected chi connectivity index (χ4v) is 3.43. The number of hydrogen-bond acceptors (Lipinski definition) is 4. The van der Waals surface area contributed by atoms with Crippen LogP contribution in [0.25, 0.3) is 5.69 Å². The molecular weight excluding hydrogens is 330 g/mol. The zero-order valence-corrected chi connectivity index (χ0v) is 15.4. The van der Waals surface area contributed by atoms with E-state index in [1.54, 1.807) is 23.0 Å². The molecule has 2 aromatic rings. The van der Waals surface area contributed by atoms with Crippen LogP contribution in [-0.2, 0) is 9.53 Å². The summed E-state index contributed by atoms with van der Waals surface area (Å²) in [7, 11) is 0. The first-order valence-electron chi connectivity index (χ1n) is 9.18. The number of esters is 1. The van der Waals surface area contributed by atoms with Gasteiger partial charge in [-0.2, -0.15) is 5.10 Å². The van der Waals surface area contributed by atoms with E-state index in [1.165, 1.54) is 0 Å². The highest BCUT2D eigenvalue weighted by molar-refractivity contribution is 5.91. The van der Waals surface area contributed by atoms with E-state index in [4.69, 9.17) is 4.74 Å². The van der Waals surface area contributed by atoms with Crippen molar-refractivity contribution in [1.29, 1.82) is 0 Å². The molecule has 0 unspecified atom stereocenters. The van der Waals surface area contributed by atoms with Gasteiger partial charge in [-0.05, 0) is 62.9 Å². The highest BCUT2D eigenvalue weighted by atomic mass is 16.5. The maximum Gasteiger partial charge on any atom is 0.338 e. The Kier molecular flexibility index (Phi) is 5.71. The van der Waals surface area contributed by atoms with Gasteiger partial charge in [-0.15, -0.1) is 0 Å². The molecule has 1 saturated heterocycles. The monoisotopic (exact) mass is 355 g/mol. The topological polar surface area (TPSA) is 64.4 Å². The lowest BCUT2D eigenvalue weighted by Gasteiger charge is -2.35. The van der Waals surface area contributed by atoms with Gasteiger partial charge < -0.3 is 9.64 Å². The van der Waals surface area contributed by atoms with Gasteiger partial charge in [0.1, 0.15) is 0 Å². The standard InChI is InChI=1S/C20H25N3O3/c1-3-17-6-4-5-13-22(17)19(24)14-26-20(25)16-7-9-18(10-8-16)23-15(2)11-12-21-23/h7-12,17H,3-6,13-14H2,1-2H3/t17-/m1/s1. The molecule has 3 rings (SSSR count). The molecule has 1 amide bonds. The van der Waals surface area contributed by atoms with Crippen molar-refractivity contribution in [3.63, 3.8) is 0 Å². The number of carbonyl (C=O) groups is 2. The number of rotatable bonds is 5.